The van der Waals surface area contributed by atoms with E-state index in [4.69, 9.17) is 0 Å². The minimum atomic E-state index is -3.54. The molecule has 2 aromatic rings. The lowest BCUT2D eigenvalue weighted by atomic mass is 10.0. The van der Waals surface area contributed by atoms with Crippen LogP contribution in [0.1, 0.15) is 50.3 Å². The predicted octanol–water partition coefficient (Wildman–Crippen LogP) is 3.62. The molecule has 172 valence electrons. The van der Waals surface area contributed by atoms with Crippen molar-refractivity contribution in [1.29, 1.82) is 0 Å². The molecule has 2 aromatic carbocycles. The van der Waals surface area contributed by atoms with Gasteiger partial charge in [0.25, 0.3) is 0 Å². The van der Waals surface area contributed by atoms with Gasteiger partial charge in [0.15, 0.2) is 0 Å². The van der Waals surface area contributed by atoms with Crippen LogP contribution in [-0.4, -0.2) is 37.6 Å². The number of nitrogens with one attached hydrogen (secondary N) is 2. The average Bonchev–Trinajstić information content (AvgIpc) is 2.74. The summed E-state index contributed by atoms with van der Waals surface area (Å²) in [6, 6.07) is 13.4. The molecular weight excluding hydrogens is 426 g/mol. The first-order valence-corrected chi connectivity index (χ1v) is 12.3. The van der Waals surface area contributed by atoms with Gasteiger partial charge in [-0.05, 0) is 55.5 Å². The Hall–Kier alpha value is -2.71. The van der Waals surface area contributed by atoms with Crippen LogP contribution < -0.4 is 10.6 Å². The molecular formula is C24H31N3O4S. The van der Waals surface area contributed by atoms with E-state index in [1.807, 2.05) is 31.2 Å². The SMILES string of the molecule is CC(=O)NC(CC(=O)Nc1ccc(S(=O)(=O)N2CCCC(C)C2)cc1)c1ccc(C)cc1. The second-order valence-corrected chi connectivity index (χ2v) is 10.5. The van der Waals surface area contributed by atoms with Gasteiger partial charge >= 0.3 is 0 Å². The molecule has 0 radical (unpaired) electrons. The van der Waals surface area contributed by atoms with Crippen LogP contribution in [0.3, 0.4) is 0 Å². The third-order valence-electron chi connectivity index (χ3n) is 5.64. The molecule has 32 heavy (non-hydrogen) atoms. The van der Waals surface area contributed by atoms with Crippen molar-refractivity contribution in [3.8, 4) is 0 Å². The molecule has 1 heterocycles. The van der Waals surface area contributed by atoms with Crippen LogP contribution in [0, 0.1) is 12.8 Å². The summed E-state index contributed by atoms with van der Waals surface area (Å²) in [5, 5.41) is 5.61. The van der Waals surface area contributed by atoms with Crippen LogP contribution in [-0.2, 0) is 19.6 Å². The Morgan fingerprint density at radius 2 is 1.75 bits per heavy atom. The van der Waals surface area contributed by atoms with E-state index in [1.54, 1.807) is 12.1 Å². The van der Waals surface area contributed by atoms with E-state index in [0.29, 0.717) is 24.7 Å². The molecule has 2 unspecified atom stereocenters. The molecule has 8 heteroatoms. The molecule has 0 aromatic heterocycles. The summed E-state index contributed by atoms with van der Waals surface area (Å²) in [4.78, 5) is 24.5. The van der Waals surface area contributed by atoms with Gasteiger partial charge in [0.2, 0.25) is 21.8 Å². The van der Waals surface area contributed by atoms with Crippen LogP contribution in [0.2, 0.25) is 0 Å². The van der Waals surface area contributed by atoms with Crippen LogP contribution in [0.5, 0.6) is 0 Å². The molecule has 1 aliphatic heterocycles. The number of anilines is 1. The first kappa shape index (κ1) is 23.9. The Kier molecular flexibility index (Phi) is 7.69. The van der Waals surface area contributed by atoms with Crippen molar-refractivity contribution >= 4 is 27.5 Å². The van der Waals surface area contributed by atoms with Crippen LogP contribution in [0.15, 0.2) is 53.4 Å². The number of hydrogen-bond donors (Lipinski definition) is 2. The maximum absolute atomic E-state index is 12.9. The van der Waals surface area contributed by atoms with Crippen LogP contribution >= 0.6 is 0 Å². The first-order valence-electron chi connectivity index (χ1n) is 10.9. The maximum atomic E-state index is 12.9. The number of sulfonamides is 1. The molecule has 0 bridgehead atoms. The van der Waals surface area contributed by atoms with Gasteiger partial charge in [0.05, 0.1) is 17.4 Å². The fourth-order valence-corrected chi connectivity index (χ4v) is 5.52. The number of carbonyl (C=O) groups is 2. The second-order valence-electron chi connectivity index (χ2n) is 8.55. The predicted molar refractivity (Wildman–Crippen MR) is 125 cm³/mol. The molecule has 0 saturated carbocycles. The van der Waals surface area contributed by atoms with E-state index in [0.717, 1.165) is 24.0 Å². The lowest BCUT2D eigenvalue weighted by Crippen LogP contribution is -2.39. The van der Waals surface area contributed by atoms with E-state index in [2.05, 4.69) is 17.6 Å². The van der Waals surface area contributed by atoms with Gasteiger partial charge in [-0.15, -0.1) is 0 Å². The Labute approximate surface area is 190 Å². The van der Waals surface area contributed by atoms with Crippen LogP contribution in [0.25, 0.3) is 0 Å². The second kappa shape index (κ2) is 10.3. The van der Waals surface area contributed by atoms with Crippen molar-refractivity contribution in [2.45, 2.75) is 51.0 Å². The van der Waals surface area contributed by atoms with E-state index in [-0.39, 0.29) is 23.1 Å². The normalized spacial score (nSPS) is 18.0. The smallest absolute Gasteiger partial charge is 0.243 e. The number of piperidine rings is 1. The van der Waals surface area contributed by atoms with E-state index in [9.17, 15) is 18.0 Å². The number of benzene rings is 2. The highest BCUT2D eigenvalue weighted by molar-refractivity contribution is 7.89. The monoisotopic (exact) mass is 457 g/mol. The van der Waals surface area contributed by atoms with Gasteiger partial charge in [-0.25, -0.2) is 8.42 Å². The molecule has 7 nitrogen and oxygen atoms in total. The van der Waals surface area contributed by atoms with Gasteiger partial charge in [0.1, 0.15) is 0 Å². The van der Waals surface area contributed by atoms with Crippen molar-refractivity contribution in [2.24, 2.45) is 5.92 Å². The maximum Gasteiger partial charge on any atom is 0.243 e. The standard InChI is InChI=1S/C24H31N3O4S/c1-17-6-8-20(9-7-17)23(25-19(3)28)15-24(29)26-21-10-12-22(13-11-21)32(30,31)27-14-4-5-18(2)16-27/h6-13,18,23H,4-5,14-16H2,1-3H3,(H,25,28)(H,26,29). The zero-order valence-electron chi connectivity index (χ0n) is 18.8. The zero-order valence-corrected chi connectivity index (χ0v) is 19.6. The third-order valence-corrected chi connectivity index (χ3v) is 7.52. The van der Waals surface area contributed by atoms with Crippen molar-refractivity contribution in [3.63, 3.8) is 0 Å². The highest BCUT2D eigenvalue weighted by atomic mass is 32.2. The van der Waals surface area contributed by atoms with Crippen molar-refractivity contribution < 1.29 is 18.0 Å². The van der Waals surface area contributed by atoms with Crippen molar-refractivity contribution in [3.05, 3.63) is 59.7 Å². The summed E-state index contributed by atoms with van der Waals surface area (Å²) in [6.45, 7) is 6.52. The number of amides is 2. The Balaban J connectivity index is 1.66. The Bertz CT molecular complexity index is 1050. The summed E-state index contributed by atoms with van der Waals surface area (Å²) in [5.74, 6) is -0.142. The summed E-state index contributed by atoms with van der Waals surface area (Å²) < 4.78 is 27.3. The third kappa shape index (κ3) is 6.17. The molecule has 2 amide bonds. The Morgan fingerprint density at radius 3 is 2.34 bits per heavy atom. The molecule has 2 N–H and O–H groups in total. The molecule has 1 saturated heterocycles. The minimum absolute atomic E-state index is 0.0638. The highest BCUT2D eigenvalue weighted by Gasteiger charge is 2.28. The van der Waals surface area contributed by atoms with Gasteiger partial charge in [-0.3, -0.25) is 9.59 Å². The first-order chi connectivity index (χ1) is 15.1. The van der Waals surface area contributed by atoms with Gasteiger partial charge in [-0.2, -0.15) is 4.31 Å². The summed E-state index contributed by atoms with van der Waals surface area (Å²) >= 11 is 0. The van der Waals surface area contributed by atoms with Crippen molar-refractivity contribution in [2.75, 3.05) is 18.4 Å². The van der Waals surface area contributed by atoms with Gasteiger partial charge < -0.3 is 10.6 Å². The molecule has 0 spiro atoms. The number of carbonyl (C=O) groups excluding carboxylic acids is 2. The topological polar surface area (TPSA) is 95.6 Å². The lowest BCUT2D eigenvalue weighted by molar-refractivity contribution is -0.120. The van der Waals surface area contributed by atoms with Crippen molar-refractivity contribution in [1.82, 2.24) is 9.62 Å². The Morgan fingerprint density at radius 1 is 1.09 bits per heavy atom. The molecule has 0 aliphatic carbocycles. The van der Waals surface area contributed by atoms with E-state index >= 15 is 0 Å². The zero-order chi connectivity index (χ0) is 23.3. The molecule has 2 atom stereocenters. The van der Waals surface area contributed by atoms with Gasteiger partial charge in [0, 0.05) is 25.7 Å². The average molecular weight is 458 g/mol. The minimum Gasteiger partial charge on any atom is -0.349 e. The fourth-order valence-electron chi connectivity index (χ4n) is 3.92. The quantitative estimate of drug-likeness (QED) is 0.664. The summed E-state index contributed by atoms with van der Waals surface area (Å²) in [7, 11) is -3.54. The highest BCUT2D eigenvalue weighted by Crippen LogP contribution is 2.25. The van der Waals surface area contributed by atoms with E-state index in [1.165, 1.54) is 23.4 Å². The number of rotatable bonds is 7. The fraction of sp³-hybridized carbons (Fsp3) is 0.417. The molecule has 1 fully saturated rings. The van der Waals surface area contributed by atoms with Gasteiger partial charge in [-0.1, -0.05) is 36.8 Å². The molecule has 1 aliphatic rings. The van der Waals surface area contributed by atoms with E-state index < -0.39 is 16.1 Å². The largest absolute Gasteiger partial charge is 0.349 e. The lowest BCUT2D eigenvalue weighted by Gasteiger charge is -2.30. The number of hydrogen-bond acceptors (Lipinski definition) is 4. The number of nitrogens with zero attached hydrogens (tertiary/aromatic N) is 1. The molecule has 3 rings (SSSR count). The summed E-state index contributed by atoms with van der Waals surface area (Å²) in [6.07, 6.45) is 1.97. The number of aryl methyl sites for hydroxylation is 1. The summed E-state index contributed by atoms with van der Waals surface area (Å²) in [5.41, 5.74) is 2.44. The van der Waals surface area contributed by atoms with Crippen LogP contribution in [0.4, 0.5) is 5.69 Å².